The van der Waals surface area contributed by atoms with Gasteiger partial charge in [0.2, 0.25) is 0 Å². The molecule has 0 bridgehead atoms. The molecular weight excluding hydrogens is 1500 g/mol. The van der Waals surface area contributed by atoms with Crippen molar-refractivity contribution < 1.29 is 55.2 Å². The topological polar surface area (TPSA) is 56.4 Å². The second-order valence-electron chi connectivity index (χ2n) is 32.7. The average molecular weight is 1650 g/mol. The number of rotatable bonds is 14. The van der Waals surface area contributed by atoms with Gasteiger partial charge in [0.05, 0.1) is 45.3 Å². The molecule has 4 heterocycles. The maximum atomic E-state index is 5.24. The number of piperidine rings is 4. The Labute approximate surface area is 618 Å². The van der Waals surface area contributed by atoms with Crippen molar-refractivity contribution in [1.29, 1.82) is 0 Å². The smallest absolute Gasteiger partial charge is 0.791 e. The van der Waals surface area contributed by atoms with Gasteiger partial charge in [-0.2, -0.15) is 34.7 Å². The summed E-state index contributed by atoms with van der Waals surface area (Å²) in [4.78, 5) is 0. The van der Waals surface area contributed by atoms with Gasteiger partial charge in [-0.3, -0.25) is 0 Å². The maximum Gasteiger partial charge on any atom is 2.00 e. The van der Waals surface area contributed by atoms with E-state index in [1.807, 2.05) is 11.8 Å². The predicted octanol–water partition coefficient (Wildman–Crippen LogP) is 25.0. The van der Waals surface area contributed by atoms with Gasteiger partial charge in [0.15, 0.2) is 11.8 Å². The van der Waals surface area contributed by atoms with Crippen LogP contribution in [0.2, 0.25) is 0 Å². The van der Waals surface area contributed by atoms with E-state index >= 15 is 0 Å². The van der Waals surface area contributed by atoms with Crippen molar-refractivity contribution in [2.45, 2.75) is 441 Å². The van der Waals surface area contributed by atoms with Crippen LogP contribution in [0.1, 0.15) is 361 Å². The van der Waals surface area contributed by atoms with Crippen molar-refractivity contribution in [1.82, 2.24) is 0 Å². The molecule has 9 aliphatic carbocycles. The Morgan fingerprint density at radius 2 is 0.396 bits per heavy atom. The first-order valence-electron chi connectivity index (χ1n) is 40.8. The third kappa shape index (κ3) is 29.6. The molecule has 4 nitrogen and oxygen atoms in total. The fourth-order valence-corrected chi connectivity index (χ4v) is 46.5. The predicted molar refractivity (Wildman–Crippen MR) is 411 cm³/mol. The van der Waals surface area contributed by atoms with Crippen molar-refractivity contribution in [3.8, 4) is 0 Å². The van der Waals surface area contributed by atoms with E-state index in [2.05, 4.69) is 35.1 Å². The van der Waals surface area contributed by atoms with Crippen LogP contribution in [0, 0.1) is 11.8 Å². The monoisotopic (exact) mass is 1650 g/mol. The van der Waals surface area contributed by atoms with Crippen LogP contribution < -0.4 is 0 Å². The van der Waals surface area contributed by atoms with Crippen molar-refractivity contribution in [2.75, 3.05) is 38.0 Å². The second-order valence-corrected chi connectivity index (χ2v) is 47.9. The van der Waals surface area contributed by atoms with Gasteiger partial charge in [-0.15, -0.1) is 26.2 Å². The molecule has 0 aromatic heterocycles. The Morgan fingerprint density at radius 3 is 0.538 bits per heavy atom. The van der Waals surface area contributed by atoms with Gasteiger partial charge in [-0.1, -0.05) is 155 Å². The molecule has 13 aliphatic rings. The maximum absolute atomic E-state index is 5.24. The minimum absolute atomic E-state index is 0. The zero-order chi connectivity index (χ0) is 60.8. The molecule has 0 spiro atoms. The van der Waals surface area contributed by atoms with E-state index < -0.39 is 0 Å². The summed E-state index contributed by atoms with van der Waals surface area (Å²) in [5, 5.41) is 19.4. The van der Waals surface area contributed by atoms with E-state index in [1.54, 1.807) is 257 Å². The van der Waals surface area contributed by atoms with Crippen molar-refractivity contribution >= 4 is 56.9 Å². The van der Waals surface area contributed by atoms with Crippen LogP contribution in [0.15, 0.2) is 0 Å². The van der Waals surface area contributed by atoms with Crippen LogP contribution in [0.3, 0.4) is 0 Å². The Bertz CT molecular complexity index is 1420. The van der Waals surface area contributed by atoms with Crippen LogP contribution in [0.25, 0.3) is 21.3 Å². The van der Waals surface area contributed by atoms with Gasteiger partial charge in [0.1, 0.15) is 0 Å². The molecule has 0 aromatic carbocycles. The second kappa shape index (κ2) is 49.6. The Morgan fingerprint density at radius 1 is 0.242 bits per heavy atom. The van der Waals surface area contributed by atoms with E-state index in [0.29, 0.717) is 34.7 Å². The largest absolute Gasteiger partial charge is 2.00 e. The normalized spacial score (nSPS) is 32.2. The summed E-state index contributed by atoms with van der Waals surface area (Å²) in [5.41, 5.74) is 9.88. The molecular formula is C78H146Cu2N4P4PtS2+2. The first-order chi connectivity index (χ1) is 43.4. The van der Waals surface area contributed by atoms with E-state index in [4.69, 9.17) is 25.3 Å². The van der Waals surface area contributed by atoms with Gasteiger partial charge >= 0.3 is 34.1 Å². The molecule has 13 rings (SSSR count). The van der Waals surface area contributed by atoms with Crippen LogP contribution in [-0.4, -0.2) is 118 Å². The number of hydrogen-bond acceptors (Lipinski definition) is 2. The molecule has 4 saturated heterocycles. The molecule has 4 aliphatic heterocycles. The number of hydrogen-bond donors (Lipinski definition) is 0. The Hall–Kier alpha value is 3.99. The first-order valence-corrected chi connectivity index (χ1v) is 49.2. The molecule has 0 amide bonds. The Kier molecular flexibility index (Phi) is 45.8. The molecule has 91 heavy (non-hydrogen) atoms. The molecule has 8 atom stereocenters. The fourth-order valence-electron chi connectivity index (χ4n) is 20.8. The zero-order valence-corrected chi connectivity index (χ0v) is 69.0. The van der Waals surface area contributed by atoms with Gasteiger partial charge in [-0.05, 0) is 217 Å². The third-order valence-electron chi connectivity index (χ3n) is 26.4. The fraction of sp³-hybridized carbons (Fsp3) is 1.00. The van der Waals surface area contributed by atoms with Crippen LogP contribution >= 0.6 is 31.7 Å². The minimum atomic E-state index is -0.0959. The standard InChI is InChI=1S/2C25H46P2.2C10H18N2.C8H16S2.2Cu.Pt/c2*1-5-13-22(14-6-1)26(23-15-7-2-8-16-23)21-27(24-17-9-3-10-18-24)25-19-11-4-12-20-25;2*1-3-7-11-9(5-1)10-6-2-4-8-12-10;1-5-3-7(9)8(10)4-6(5)2;;;/h2*22-25H,1-21H2;2*9-10H,1-8H2;5-10H,3-4H2,1-2H3;;;/q;;2*-2;;2*+2;/p+2. The van der Waals surface area contributed by atoms with Crippen LogP contribution in [-0.2, 0) is 80.5 Å². The molecule has 13 heteroatoms. The summed E-state index contributed by atoms with van der Waals surface area (Å²) in [6, 6.07) is 2.39. The quantitative estimate of drug-likeness (QED) is 0.0989. The van der Waals surface area contributed by atoms with E-state index in [-0.39, 0.29) is 86.9 Å². The first kappa shape index (κ1) is 83.9. The molecule has 0 aromatic rings. The van der Waals surface area contributed by atoms with Crippen LogP contribution in [0.4, 0.5) is 0 Å². The van der Waals surface area contributed by atoms with E-state index in [0.717, 1.165) is 50.9 Å². The van der Waals surface area contributed by atoms with Gasteiger partial charge in [0, 0.05) is 52.8 Å². The summed E-state index contributed by atoms with van der Waals surface area (Å²) in [5.74, 6) is 5.31. The van der Waals surface area contributed by atoms with Crippen LogP contribution in [0.5, 0.6) is 0 Å². The summed E-state index contributed by atoms with van der Waals surface area (Å²) >= 11 is 10.5. The molecule has 2 radical (unpaired) electrons. The summed E-state index contributed by atoms with van der Waals surface area (Å²) in [6.07, 6.45) is 82.4. The van der Waals surface area contributed by atoms with Gasteiger partial charge < -0.3 is 46.5 Å². The van der Waals surface area contributed by atoms with Crippen molar-refractivity contribution in [3.63, 3.8) is 0 Å². The summed E-state index contributed by atoms with van der Waals surface area (Å²) < 4.78 is 0. The number of nitrogens with zero attached hydrogens (tertiary/aromatic N) is 4. The minimum Gasteiger partial charge on any atom is -0.791 e. The third-order valence-corrected chi connectivity index (χ3v) is 47.2. The van der Waals surface area contributed by atoms with Crippen molar-refractivity contribution in [3.05, 3.63) is 21.3 Å². The SMILES string of the molecule is C1CCC(C2CCCC[N-]2)[N-]C1.C1CCC(C2CCCC[N-]2)[N-]C1.C1CCC([PH+](C[PH+](C2CCCCC2)C2CCCCC2)C2CCCCC2)CC1.C1CCC([PH+](C[PH+](C2CCCCC2)C2CCCCC2)C2CCCCC2)CC1.CC1CC([S-])C([S-])CC1C.[Cu+2].[Cu+2].[Pt]. The molecule has 540 valence electrons. The van der Waals surface area contributed by atoms with E-state index in [1.165, 1.54) is 122 Å². The molecule has 0 N–H and O–H groups in total. The average Bonchev–Trinajstić information content (AvgIpc) is 1.63. The molecule has 13 fully saturated rings. The zero-order valence-electron chi connectivity index (χ0n) is 59.2. The van der Waals surface area contributed by atoms with Gasteiger partial charge in [-0.25, -0.2) is 0 Å². The molecule has 9 saturated carbocycles. The summed E-state index contributed by atoms with van der Waals surface area (Å²) in [6.45, 7) is 8.94. The van der Waals surface area contributed by atoms with E-state index in [9.17, 15) is 0 Å². The molecule has 8 unspecified atom stereocenters. The van der Waals surface area contributed by atoms with Gasteiger partial charge in [0.25, 0.3) is 0 Å². The Balaban J connectivity index is 0.000000191. The summed E-state index contributed by atoms with van der Waals surface area (Å²) in [7, 11) is -0.384. The van der Waals surface area contributed by atoms with Crippen molar-refractivity contribution in [2.24, 2.45) is 11.8 Å².